The Kier molecular flexibility index (Phi) is 17.6. The van der Waals surface area contributed by atoms with Crippen molar-refractivity contribution in [3.63, 3.8) is 0 Å². The molecule has 0 aliphatic rings. The van der Waals surface area contributed by atoms with Crippen molar-refractivity contribution in [1.29, 1.82) is 0 Å². The predicted molar refractivity (Wildman–Crippen MR) is 153 cm³/mol. The van der Waals surface area contributed by atoms with Crippen LogP contribution in [0.25, 0.3) is 0 Å². The van der Waals surface area contributed by atoms with Crippen molar-refractivity contribution >= 4 is 29.5 Å². The van der Waals surface area contributed by atoms with E-state index in [4.69, 9.17) is 5.73 Å². The summed E-state index contributed by atoms with van der Waals surface area (Å²) in [7, 11) is 0. The first-order valence-electron chi connectivity index (χ1n) is 14.5. The van der Waals surface area contributed by atoms with Crippen LogP contribution in [0.3, 0.4) is 0 Å². The second kappa shape index (κ2) is 20.3. The van der Waals surface area contributed by atoms with Gasteiger partial charge in [0.25, 0.3) is 0 Å². The van der Waals surface area contributed by atoms with Gasteiger partial charge in [-0.2, -0.15) is 13.2 Å². The van der Waals surface area contributed by atoms with Gasteiger partial charge in [-0.05, 0) is 18.4 Å². The zero-order valence-electron chi connectivity index (χ0n) is 24.5. The smallest absolute Gasteiger partial charge is 0.382 e. The molecule has 0 bridgehead atoms. The Morgan fingerprint density at radius 3 is 2.00 bits per heavy atom. The number of nitrogens with two attached hydrogens (primary N) is 1. The van der Waals surface area contributed by atoms with E-state index in [1.54, 1.807) is 30.3 Å². The highest BCUT2D eigenvalue weighted by molar-refractivity contribution is 5.92. The molecule has 242 valence electrons. The molecule has 0 saturated carbocycles. The molecule has 1 aromatic carbocycles. The summed E-state index contributed by atoms with van der Waals surface area (Å²) in [4.78, 5) is 60.9. The maximum absolute atomic E-state index is 13.0. The first kappa shape index (κ1) is 37.3. The number of hydrogen-bond donors (Lipinski definition) is 6. The highest BCUT2D eigenvalue weighted by Gasteiger charge is 2.44. The number of benzene rings is 1. The molecule has 5 amide bonds. The highest BCUT2D eigenvalue weighted by Crippen LogP contribution is 2.24. The second-order valence-corrected chi connectivity index (χ2v) is 10.3. The maximum Gasteiger partial charge on any atom is 0.416 e. The van der Waals surface area contributed by atoms with E-state index in [2.05, 4.69) is 22.9 Å². The van der Waals surface area contributed by atoms with Gasteiger partial charge in [-0.1, -0.05) is 75.8 Å². The van der Waals surface area contributed by atoms with Gasteiger partial charge < -0.3 is 32.1 Å². The molecular formula is C29H44F3N5O6. The molecule has 14 heteroatoms. The fourth-order valence-corrected chi connectivity index (χ4v) is 4.20. The van der Waals surface area contributed by atoms with Crippen LogP contribution in [-0.4, -0.2) is 72.1 Å². The molecule has 0 aliphatic carbocycles. The van der Waals surface area contributed by atoms with E-state index in [9.17, 15) is 42.3 Å². The van der Waals surface area contributed by atoms with Crippen LogP contribution in [0.2, 0.25) is 0 Å². The van der Waals surface area contributed by atoms with E-state index in [0.717, 1.165) is 25.7 Å². The third kappa shape index (κ3) is 17.1. The molecule has 0 aromatic heterocycles. The van der Waals surface area contributed by atoms with Crippen LogP contribution in [0.1, 0.15) is 76.7 Å². The van der Waals surface area contributed by atoms with E-state index in [0.29, 0.717) is 12.0 Å². The number of halogens is 3. The lowest BCUT2D eigenvalue weighted by atomic mass is 10.0. The van der Waals surface area contributed by atoms with Crippen LogP contribution in [0, 0.1) is 0 Å². The summed E-state index contributed by atoms with van der Waals surface area (Å²) in [6.07, 6.45) is -1.54. The molecule has 0 saturated heterocycles. The number of carbonyl (C=O) groups is 5. The van der Waals surface area contributed by atoms with E-state index >= 15 is 0 Å². The van der Waals surface area contributed by atoms with Crippen LogP contribution in [0.5, 0.6) is 0 Å². The average molecular weight is 616 g/mol. The molecule has 1 aromatic rings. The quantitative estimate of drug-likeness (QED) is 0.115. The third-order valence-corrected chi connectivity index (χ3v) is 6.58. The van der Waals surface area contributed by atoms with Crippen molar-refractivity contribution in [2.45, 2.75) is 102 Å². The van der Waals surface area contributed by atoms with Crippen molar-refractivity contribution in [3.8, 4) is 0 Å². The van der Waals surface area contributed by atoms with Gasteiger partial charge in [0.2, 0.25) is 29.5 Å². The molecule has 0 heterocycles. The number of unbranched alkanes of at least 4 members (excludes halogenated alkanes) is 6. The van der Waals surface area contributed by atoms with Crippen LogP contribution in [-0.2, 0) is 30.4 Å². The number of nitrogens with one attached hydrogen (secondary N) is 4. The Morgan fingerprint density at radius 2 is 1.40 bits per heavy atom. The first-order chi connectivity index (χ1) is 20.3. The lowest BCUT2D eigenvalue weighted by molar-refractivity contribution is -0.212. The van der Waals surface area contributed by atoms with Crippen molar-refractivity contribution in [2.24, 2.45) is 5.73 Å². The summed E-state index contributed by atoms with van der Waals surface area (Å²) in [6.45, 7) is 0.998. The minimum absolute atomic E-state index is 0.0278. The summed E-state index contributed by atoms with van der Waals surface area (Å²) < 4.78 is 39.0. The van der Waals surface area contributed by atoms with Gasteiger partial charge in [0.05, 0.1) is 19.1 Å². The zero-order valence-corrected chi connectivity index (χ0v) is 24.5. The zero-order chi connectivity index (χ0) is 32.3. The van der Waals surface area contributed by atoms with Gasteiger partial charge >= 0.3 is 6.18 Å². The van der Waals surface area contributed by atoms with E-state index in [1.807, 2.05) is 5.32 Å². The summed E-state index contributed by atoms with van der Waals surface area (Å²) in [5.41, 5.74) is 5.65. The van der Waals surface area contributed by atoms with Crippen LogP contribution in [0.4, 0.5) is 13.2 Å². The van der Waals surface area contributed by atoms with Crippen molar-refractivity contribution in [2.75, 3.05) is 13.1 Å². The fraction of sp³-hybridized carbons (Fsp3) is 0.621. The number of carbonyl (C=O) groups excluding carboxylic acids is 5. The van der Waals surface area contributed by atoms with Gasteiger partial charge in [0, 0.05) is 19.3 Å². The molecule has 0 spiro atoms. The van der Waals surface area contributed by atoms with Crippen molar-refractivity contribution in [1.82, 2.24) is 21.3 Å². The predicted octanol–water partition coefficient (Wildman–Crippen LogP) is 1.76. The molecule has 7 N–H and O–H groups in total. The Morgan fingerprint density at radius 1 is 0.814 bits per heavy atom. The van der Waals surface area contributed by atoms with Crippen molar-refractivity contribution in [3.05, 3.63) is 35.9 Å². The Balaban J connectivity index is 2.68. The second-order valence-electron chi connectivity index (χ2n) is 10.3. The number of rotatable bonds is 21. The lowest BCUT2D eigenvalue weighted by Gasteiger charge is -2.26. The minimum atomic E-state index is -5.08. The SMILES string of the molecule is CCCCCCCCCC(=O)NCC(=O)N[C@@H](Cc1ccccc1)C(=O)NCC(=O)NC(CCC(N)=O)C(O)C(F)(F)F. The number of aliphatic hydroxyl groups excluding tert-OH is 1. The Labute approximate surface area is 249 Å². The number of alkyl halides is 3. The number of aliphatic hydroxyl groups is 1. The first-order valence-corrected chi connectivity index (χ1v) is 14.5. The molecule has 0 fully saturated rings. The molecular weight excluding hydrogens is 571 g/mol. The molecule has 2 unspecified atom stereocenters. The molecule has 43 heavy (non-hydrogen) atoms. The van der Waals surface area contributed by atoms with E-state index in [-0.39, 0.29) is 25.3 Å². The van der Waals surface area contributed by atoms with Gasteiger partial charge in [0.15, 0.2) is 6.10 Å². The summed E-state index contributed by atoms with van der Waals surface area (Å²) in [6, 6.07) is 5.59. The van der Waals surface area contributed by atoms with Gasteiger partial charge in [0.1, 0.15) is 6.04 Å². The number of primary amides is 1. The van der Waals surface area contributed by atoms with E-state index < -0.39 is 67.4 Å². The maximum atomic E-state index is 13.0. The topological polar surface area (TPSA) is 180 Å². The molecule has 11 nitrogen and oxygen atoms in total. The molecule has 0 radical (unpaired) electrons. The summed E-state index contributed by atoms with van der Waals surface area (Å²) >= 11 is 0. The molecule has 1 rings (SSSR count). The highest BCUT2D eigenvalue weighted by atomic mass is 19.4. The van der Waals surface area contributed by atoms with Gasteiger partial charge in [-0.3, -0.25) is 24.0 Å². The van der Waals surface area contributed by atoms with E-state index in [1.165, 1.54) is 12.8 Å². The number of hydrogen-bond acceptors (Lipinski definition) is 6. The average Bonchev–Trinajstić information content (AvgIpc) is 2.95. The normalized spacial score (nSPS) is 13.3. The monoisotopic (exact) mass is 615 g/mol. The van der Waals surface area contributed by atoms with Crippen molar-refractivity contribution < 1.29 is 42.3 Å². The van der Waals surface area contributed by atoms with Gasteiger partial charge in [-0.25, -0.2) is 0 Å². The summed E-state index contributed by atoms with van der Waals surface area (Å²) in [5.74, 6) is -3.72. The molecule has 0 aliphatic heterocycles. The fourth-order valence-electron chi connectivity index (χ4n) is 4.20. The molecule has 3 atom stereocenters. The van der Waals surface area contributed by atoms with Crippen LogP contribution >= 0.6 is 0 Å². The van der Waals surface area contributed by atoms with Crippen LogP contribution < -0.4 is 27.0 Å². The van der Waals surface area contributed by atoms with Crippen LogP contribution in [0.15, 0.2) is 30.3 Å². The largest absolute Gasteiger partial charge is 0.416 e. The Bertz CT molecular complexity index is 1030. The third-order valence-electron chi connectivity index (χ3n) is 6.58. The summed E-state index contributed by atoms with van der Waals surface area (Å²) in [5, 5.41) is 18.8. The number of amides is 5. The Hall–Kier alpha value is -3.68. The van der Waals surface area contributed by atoms with Gasteiger partial charge in [-0.15, -0.1) is 0 Å². The lowest BCUT2D eigenvalue weighted by Crippen LogP contribution is -2.54. The standard InChI is InChI=1S/C29H44F3N5O6/c1-2-3-4-5-6-7-11-14-24(39)34-18-25(40)37-22(17-20-12-9-8-10-13-20)28(43)35-19-26(41)36-21(15-16-23(33)38)27(42)29(30,31)32/h8-10,12-13,21-22,27,42H,2-7,11,14-19H2,1H3,(H2,33,38)(H,34,39)(H,35,43)(H,36,41)(H,37,40)/t21?,22-,27?/m0/s1. The minimum Gasteiger partial charge on any atom is -0.382 e.